The summed E-state index contributed by atoms with van der Waals surface area (Å²) in [5.74, 6) is -1.20. The lowest BCUT2D eigenvalue weighted by Gasteiger charge is -2.13. The van der Waals surface area contributed by atoms with Crippen LogP contribution in [-0.4, -0.2) is 34.0 Å². The molecule has 7 heteroatoms. The quantitative estimate of drug-likeness (QED) is 0.235. The summed E-state index contributed by atoms with van der Waals surface area (Å²) in [5.41, 5.74) is 4.56. The zero-order valence-electron chi connectivity index (χ0n) is 20.2. The van der Waals surface area contributed by atoms with Crippen LogP contribution in [0.5, 0.6) is 0 Å². The van der Waals surface area contributed by atoms with Crippen molar-refractivity contribution in [3.63, 3.8) is 0 Å². The molecule has 6 nitrogen and oxygen atoms in total. The highest BCUT2D eigenvalue weighted by molar-refractivity contribution is 5.26. The molecule has 0 amide bonds. The van der Waals surface area contributed by atoms with Crippen LogP contribution in [-0.2, 0) is 11.3 Å². The number of aromatic nitrogens is 2. The summed E-state index contributed by atoms with van der Waals surface area (Å²) in [5, 5.41) is 9.96. The number of unbranched alkanes of at least 4 members (excludes halogenated alkanes) is 15. The Hall–Kier alpha value is -1.47. The number of aliphatic hydroxyl groups is 1. The first-order valence-corrected chi connectivity index (χ1v) is 12.8. The molecule has 0 spiro atoms. The lowest BCUT2D eigenvalue weighted by Crippen LogP contribution is -2.31. The van der Waals surface area contributed by atoms with Gasteiger partial charge in [0.2, 0.25) is 0 Å². The van der Waals surface area contributed by atoms with Crippen LogP contribution < -0.4 is 11.4 Å². The molecule has 1 atom stereocenters. The van der Waals surface area contributed by atoms with E-state index in [0.717, 1.165) is 23.6 Å². The average Bonchev–Trinajstić information content (AvgIpc) is 2.76. The largest absolute Gasteiger partial charge is 0.389 e. The van der Waals surface area contributed by atoms with Crippen molar-refractivity contribution in [2.45, 2.75) is 122 Å². The first kappa shape index (κ1) is 28.6. The van der Waals surface area contributed by atoms with Gasteiger partial charge in [0.05, 0.1) is 19.3 Å². The van der Waals surface area contributed by atoms with Gasteiger partial charge >= 0.3 is 5.69 Å². The number of anilines is 1. The van der Waals surface area contributed by atoms with Crippen LogP contribution in [0.15, 0.2) is 11.0 Å². The number of aliphatic hydroxyl groups excluding tert-OH is 1. The summed E-state index contributed by atoms with van der Waals surface area (Å²) in [4.78, 5) is 15.0. The Labute approximate surface area is 193 Å². The molecule has 0 aromatic carbocycles. The zero-order valence-corrected chi connectivity index (χ0v) is 20.2. The summed E-state index contributed by atoms with van der Waals surface area (Å²) < 4.78 is 19.9. The molecule has 0 fully saturated rings. The van der Waals surface area contributed by atoms with Crippen molar-refractivity contribution in [1.82, 2.24) is 9.55 Å². The number of nitrogen functional groups attached to an aromatic ring is 1. The minimum atomic E-state index is -0.890. The van der Waals surface area contributed by atoms with E-state index in [0.29, 0.717) is 6.61 Å². The molecule has 32 heavy (non-hydrogen) atoms. The molecule has 0 saturated heterocycles. The van der Waals surface area contributed by atoms with Gasteiger partial charge in [-0.05, 0) is 6.42 Å². The van der Waals surface area contributed by atoms with Crippen LogP contribution in [0.4, 0.5) is 10.2 Å². The van der Waals surface area contributed by atoms with E-state index in [9.17, 15) is 14.3 Å². The minimum Gasteiger partial charge on any atom is -0.389 e. The van der Waals surface area contributed by atoms with Gasteiger partial charge in [-0.15, -0.1) is 0 Å². The molecule has 0 bridgehead atoms. The molecule has 1 unspecified atom stereocenters. The molecule has 1 heterocycles. The summed E-state index contributed by atoms with van der Waals surface area (Å²) >= 11 is 0. The van der Waals surface area contributed by atoms with Gasteiger partial charge in [0.15, 0.2) is 11.6 Å². The number of hydrogen-bond donors (Lipinski definition) is 2. The van der Waals surface area contributed by atoms with E-state index in [2.05, 4.69) is 11.9 Å². The molecular formula is C25H46FN3O3. The highest BCUT2D eigenvalue weighted by atomic mass is 19.1. The van der Waals surface area contributed by atoms with Gasteiger partial charge in [0, 0.05) is 12.8 Å². The van der Waals surface area contributed by atoms with Crippen molar-refractivity contribution in [2.75, 3.05) is 18.9 Å². The maximum Gasteiger partial charge on any atom is 0.349 e. The summed E-state index contributed by atoms with van der Waals surface area (Å²) in [6.07, 6.45) is 21.3. The topological polar surface area (TPSA) is 90.4 Å². The number of ether oxygens (including phenoxy) is 1. The van der Waals surface area contributed by atoms with E-state index < -0.39 is 23.4 Å². The molecule has 1 aromatic rings. The molecule has 0 radical (unpaired) electrons. The summed E-state index contributed by atoms with van der Waals surface area (Å²) in [6.45, 7) is 2.89. The first-order chi connectivity index (χ1) is 15.5. The Bertz CT molecular complexity index is 639. The van der Waals surface area contributed by atoms with Crippen molar-refractivity contribution in [1.29, 1.82) is 0 Å². The molecule has 0 aliphatic carbocycles. The van der Waals surface area contributed by atoms with Crippen molar-refractivity contribution in [2.24, 2.45) is 0 Å². The Kier molecular flexibility index (Phi) is 17.0. The second-order valence-electron chi connectivity index (χ2n) is 8.94. The summed E-state index contributed by atoms with van der Waals surface area (Å²) in [6, 6.07) is 0. The molecule has 1 rings (SSSR count). The van der Waals surface area contributed by atoms with Crippen LogP contribution in [0.3, 0.4) is 0 Å². The molecule has 0 saturated carbocycles. The highest BCUT2D eigenvalue weighted by Gasteiger charge is 2.10. The van der Waals surface area contributed by atoms with Crippen molar-refractivity contribution < 1.29 is 14.2 Å². The van der Waals surface area contributed by atoms with Crippen LogP contribution in [0.25, 0.3) is 0 Å². The van der Waals surface area contributed by atoms with Crippen molar-refractivity contribution in [3.05, 3.63) is 22.5 Å². The third kappa shape index (κ3) is 14.6. The van der Waals surface area contributed by atoms with Gasteiger partial charge in [-0.1, -0.05) is 103 Å². The molecule has 1 aromatic heterocycles. The Balaban J connectivity index is 1.85. The van der Waals surface area contributed by atoms with E-state index in [1.54, 1.807) is 0 Å². The third-order valence-corrected chi connectivity index (χ3v) is 5.84. The van der Waals surface area contributed by atoms with E-state index in [4.69, 9.17) is 10.5 Å². The molecule has 0 aliphatic heterocycles. The van der Waals surface area contributed by atoms with Crippen LogP contribution in [0, 0.1) is 5.82 Å². The van der Waals surface area contributed by atoms with Gasteiger partial charge in [0.1, 0.15) is 0 Å². The van der Waals surface area contributed by atoms with Gasteiger partial charge in [-0.2, -0.15) is 4.98 Å². The minimum absolute atomic E-state index is 0.0675. The Morgan fingerprint density at radius 1 is 0.938 bits per heavy atom. The second kappa shape index (κ2) is 19.0. The van der Waals surface area contributed by atoms with Crippen molar-refractivity contribution >= 4 is 5.82 Å². The Morgan fingerprint density at radius 2 is 1.41 bits per heavy atom. The normalized spacial score (nSPS) is 12.3. The smallest absolute Gasteiger partial charge is 0.349 e. The fraction of sp³-hybridized carbons (Fsp3) is 0.840. The maximum absolute atomic E-state index is 13.4. The molecule has 0 aliphatic rings. The van der Waals surface area contributed by atoms with Gasteiger partial charge in [0.25, 0.3) is 0 Å². The van der Waals surface area contributed by atoms with Gasteiger partial charge in [-0.25, -0.2) is 9.18 Å². The lowest BCUT2D eigenvalue weighted by atomic mass is 10.0. The zero-order chi connectivity index (χ0) is 23.4. The molecule has 3 N–H and O–H groups in total. The number of nitrogens with zero attached hydrogens (tertiary/aromatic N) is 2. The fourth-order valence-corrected chi connectivity index (χ4v) is 3.86. The standard InChI is InChI=1S/C25H46FN3O3/c1-2-3-4-5-6-7-8-9-10-11-12-13-14-15-16-17-18-32-21-22(30)19-29-20-23(26)24(27)28-25(29)31/h20,22,30H,2-19,21H2,1H3,(H2,27,28,31). The number of halogens is 1. The van der Waals surface area contributed by atoms with E-state index in [1.165, 1.54) is 89.9 Å². The van der Waals surface area contributed by atoms with Crippen LogP contribution >= 0.6 is 0 Å². The van der Waals surface area contributed by atoms with Crippen LogP contribution in [0.2, 0.25) is 0 Å². The monoisotopic (exact) mass is 455 g/mol. The fourth-order valence-electron chi connectivity index (χ4n) is 3.86. The molecular weight excluding hydrogens is 409 g/mol. The van der Waals surface area contributed by atoms with E-state index in [1.807, 2.05) is 0 Å². The number of hydrogen-bond acceptors (Lipinski definition) is 5. The molecule has 186 valence electrons. The lowest BCUT2D eigenvalue weighted by molar-refractivity contribution is 0.0259. The number of rotatable bonds is 21. The first-order valence-electron chi connectivity index (χ1n) is 12.8. The number of nitrogens with two attached hydrogens (primary N) is 1. The summed E-state index contributed by atoms with van der Waals surface area (Å²) in [7, 11) is 0. The third-order valence-electron chi connectivity index (χ3n) is 5.84. The predicted octanol–water partition coefficient (Wildman–Crippen LogP) is 5.60. The van der Waals surface area contributed by atoms with Crippen LogP contribution in [0.1, 0.15) is 110 Å². The Morgan fingerprint density at radius 3 is 1.91 bits per heavy atom. The maximum atomic E-state index is 13.4. The van der Waals surface area contributed by atoms with E-state index in [-0.39, 0.29) is 13.2 Å². The van der Waals surface area contributed by atoms with E-state index >= 15 is 0 Å². The highest BCUT2D eigenvalue weighted by Crippen LogP contribution is 2.13. The van der Waals surface area contributed by atoms with Gasteiger partial charge in [-0.3, -0.25) is 4.57 Å². The second-order valence-corrected chi connectivity index (χ2v) is 8.94. The van der Waals surface area contributed by atoms with Crippen molar-refractivity contribution in [3.8, 4) is 0 Å². The SMILES string of the molecule is CCCCCCCCCCCCCCCCCCOCC(O)Cn1cc(F)c(N)nc1=O. The predicted molar refractivity (Wildman–Crippen MR) is 129 cm³/mol. The van der Waals surface area contributed by atoms with Gasteiger partial charge < -0.3 is 15.6 Å². The average molecular weight is 456 g/mol.